The number of rotatable bonds is 7. The van der Waals surface area contributed by atoms with Crippen molar-refractivity contribution in [1.29, 1.82) is 0 Å². The molecule has 0 aromatic rings. The largest absolute Gasteiger partial charge is 0.346 e. The van der Waals surface area contributed by atoms with Gasteiger partial charge in [0.2, 0.25) is 0 Å². The minimum absolute atomic E-state index is 0.276. The van der Waals surface area contributed by atoms with Crippen molar-refractivity contribution in [3.63, 3.8) is 0 Å². The molecule has 120 valence electrons. The third-order valence-corrected chi connectivity index (χ3v) is 2.91. The monoisotopic (exact) mass is 320 g/mol. The van der Waals surface area contributed by atoms with Crippen molar-refractivity contribution in [1.82, 2.24) is 5.32 Å². The van der Waals surface area contributed by atoms with Gasteiger partial charge in [-0.15, -0.1) is 0 Å². The highest BCUT2D eigenvalue weighted by molar-refractivity contribution is 6.34. The van der Waals surface area contributed by atoms with Crippen LogP contribution in [-0.4, -0.2) is 18.2 Å². The Bertz CT molecular complexity index is 574. The summed E-state index contributed by atoms with van der Waals surface area (Å²) in [7, 11) is 0. The smallest absolute Gasteiger partial charge is 0.253 e. The summed E-state index contributed by atoms with van der Waals surface area (Å²) in [4.78, 5) is 16.7. The van der Waals surface area contributed by atoms with Crippen LogP contribution in [0, 0.1) is 0 Å². The second-order valence-corrected chi connectivity index (χ2v) is 5.66. The fourth-order valence-corrected chi connectivity index (χ4v) is 1.88. The van der Waals surface area contributed by atoms with Crippen LogP contribution in [0.2, 0.25) is 0 Å². The predicted molar refractivity (Wildman–Crippen MR) is 97.2 cm³/mol. The zero-order valence-electron chi connectivity index (χ0n) is 14.1. The molecule has 0 aromatic heterocycles. The molecule has 0 rings (SSSR count). The highest BCUT2D eigenvalue weighted by Crippen LogP contribution is 2.18. The molecule has 4 heteroatoms. The van der Waals surface area contributed by atoms with Gasteiger partial charge in [0.25, 0.3) is 5.91 Å². The van der Waals surface area contributed by atoms with Crippen molar-refractivity contribution >= 4 is 23.2 Å². The Labute approximate surface area is 138 Å². The number of amides is 1. The van der Waals surface area contributed by atoms with Crippen molar-refractivity contribution in [3.05, 3.63) is 58.8 Å². The Balaban J connectivity index is 5.22. The number of aliphatic imine (C=N–C) groups is 1. The number of carbonyl (C=O) groups excluding carboxylic acids is 1. The molecule has 0 fully saturated rings. The first-order chi connectivity index (χ1) is 10.2. The Morgan fingerprint density at radius 1 is 1.18 bits per heavy atom. The van der Waals surface area contributed by atoms with Crippen LogP contribution in [0.4, 0.5) is 0 Å². The molecule has 22 heavy (non-hydrogen) atoms. The summed E-state index contributed by atoms with van der Waals surface area (Å²) in [5.41, 5.74) is 3.58. The Hall–Kier alpha value is -1.87. The molecule has 0 aliphatic carbocycles. The second-order valence-electron chi connectivity index (χ2n) is 5.25. The SMILES string of the molecule is C=C(C)C(CNC(=O)/C(C(=C)C)=C(Cl)/C=C\C)=NC=C(C)C. The molecule has 1 amide bonds. The van der Waals surface area contributed by atoms with E-state index in [-0.39, 0.29) is 12.5 Å². The maximum Gasteiger partial charge on any atom is 0.253 e. The first-order valence-electron chi connectivity index (χ1n) is 7.03. The topological polar surface area (TPSA) is 41.5 Å². The molecule has 0 spiro atoms. The maximum atomic E-state index is 12.3. The average molecular weight is 321 g/mol. The summed E-state index contributed by atoms with van der Waals surface area (Å²) >= 11 is 6.13. The van der Waals surface area contributed by atoms with Gasteiger partial charge in [0.1, 0.15) is 0 Å². The van der Waals surface area contributed by atoms with E-state index in [0.29, 0.717) is 16.2 Å². The van der Waals surface area contributed by atoms with Gasteiger partial charge >= 0.3 is 0 Å². The minimum Gasteiger partial charge on any atom is -0.346 e. The zero-order valence-corrected chi connectivity index (χ0v) is 14.8. The Kier molecular flexibility index (Phi) is 9.11. The van der Waals surface area contributed by atoms with E-state index in [1.165, 1.54) is 0 Å². The van der Waals surface area contributed by atoms with E-state index in [4.69, 9.17) is 11.6 Å². The molecule has 0 aliphatic heterocycles. The van der Waals surface area contributed by atoms with E-state index in [2.05, 4.69) is 23.5 Å². The van der Waals surface area contributed by atoms with Crippen LogP contribution in [0.3, 0.4) is 0 Å². The maximum absolute atomic E-state index is 12.3. The van der Waals surface area contributed by atoms with Crippen LogP contribution in [0.15, 0.2) is 63.8 Å². The fourth-order valence-electron chi connectivity index (χ4n) is 1.50. The van der Waals surface area contributed by atoms with Gasteiger partial charge in [-0.3, -0.25) is 9.79 Å². The van der Waals surface area contributed by atoms with Crippen molar-refractivity contribution < 1.29 is 4.79 Å². The first kappa shape index (κ1) is 20.1. The van der Waals surface area contributed by atoms with Gasteiger partial charge in [0.15, 0.2) is 0 Å². The quantitative estimate of drug-likeness (QED) is 0.413. The third kappa shape index (κ3) is 7.23. The van der Waals surface area contributed by atoms with Crippen molar-refractivity contribution in [2.45, 2.75) is 34.6 Å². The van der Waals surface area contributed by atoms with Crippen LogP contribution < -0.4 is 5.32 Å². The van der Waals surface area contributed by atoms with Gasteiger partial charge in [-0.05, 0) is 51.8 Å². The van der Waals surface area contributed by atoms with E-state index < -0.39 is 0 Å². The van der Waals surface area contributed by atoms with Crippen LogP contribution in [0.5, 0.6) is 0 Å². The molecule has 0 bridgehead atoms. The van der Waals surface area contributed by atoms with E-state index in [9.17, 15) is 4.79 Å². The van der Waals surface area contributed by atoms with Gasteiger partial charge in [0.05, 0.1) is 22.9 Å². The summed E-state index contributed by atoms with van der Waals surface area (Å²) in [5, 5.41) is 3.18. The normalized spacial score (nSPS) is 12.7. The fraction of sp³-hybridized carbons (Fsp3) is 0.333. The molecular formula is C18H25ClN2O. The molecule has 0 aliphatic rings. The lowest BCUT2D eigenvalue weighted by Crippen LogP contribution is -2.31. The molecule has 0 heterocycles. The highest BCUT2D eigenvalue weighted by atomic mass is 35.5. The van der Waals surface area contributed by atoms with E-state index in [0.717, 1.165) is 16.9 Å². The molecular weight excluding hydrogens is 296 g/mol. The minimum atomic E-state index is -0.276. The summed E-state index contributed by atoms with van der Waals surface area (Å²) in [6.45, 7) is 17.3. The number of carbonyl (C=O) groups is 1. The lowest BCUT2D eigenvalue weighted by Gasteiger charge is -2.11. The number of hydrogen-bond acceptors (Lipinski definition) is 2. The summed E-state index contributed by atoms with van der Waals surface area (Å²) in [6, 6.07) is 0. The van der Waals surface area contributed by atoms with Gasteiger partial charge in [-0.25, -0.2) is 0 Å². The van der Waals surface area contributed by atoms with Crippen LogP contribution in [0.25, 0.3) is 0 Å². The molecule has 0 atom stereocenters. The van der Waals surface area contributed by atoms with Crippen molar-refractivity contribution in [2.75, 3.05) is 6.54 Å². The van der Waals surface area contributed by atoms with Crippen LogP contribution in [0.1, 0.15) is 34.6 Å². The van der Waals surface area contributed by atoms with Crippen molar-refractivity contribution in [3.8, 4) is 0 Å². The van der Waals surface area contributed by atoms with E-state index in [1.54, 1.807) is 25.3 Å². The number of halogens is 1. The lowest BCUT2D eigenvalue weighted by atomic mass is 10.1. The number of hydrogen-bond donors (Lipinski definition) is 1. The van der Waals surface area contributed by atoms with Crippen molar-refractivity contribution in [2.24, 2.45) is 4.99 Å². The Morgan fingerprint density at radius 2 is 1.77 bits per heavy atom. The Morgan fingerprint density at radius 3 is 2.18 bits per heavy atom. The molecule has 1 N–H and O–H groups in total. The molecule has 0 radical (unpaired) electrons. The molecule has 0 unspecified atom stereocenters. The van der Waals surface area contributed by atoms with E-state index >= 15 is 0 Å². The molecule has 3 nitrogen and oxygen atoms in total. The van der Waals surface area contributed by atoms with E-state index in [1.807, 2.05) is 27.7 Å². The van der Waals surface area contributed by atoms with Gasteiger partial charge in [-0.2, -0.15) is 0 Å². The average Bonchev–Trinajstić information content (AvgIpc) is 2.37. The number of nitrogens with zero attached hydrogens (tertiary/aromatic N) is 1. The van der Waals surface area contributed by atoms with Gasteiger partial charge in [0, 0.05) is 6.20 Å². The third-order valence-electron chi connectivity index (χ3n) is 2.59. The zero-order chi connectivity index (χ0) is 17.3. The summed E-state index contributed by atoms with van der Waals surface area (Å²) < 4.78 is 0. The first-order valence-corrected chi connectivity index (χ1v) is 7.41. The molecule has 0 saturated heterocycles. The number of nitrogens with one attached hydrogen (secondary N) is 1. The standard InChI is InChI=1S/C18H25ClN2O/c1-8-9-15(19)17(14(6)7)18(22)21-11-16(13(4)5)20-10-12(2)3/h8-10H,4,6,11H2,1-3,5,7H3,(H,21,22)/b9-8-,17-15-,20-16?. The summed E-state index contributed by atoms with van der Waals surface area (Å²) in [5.74, 6) is -0.276. The molecule has 0 aromatic carbocycles. The molecule has 0 saturated carbocycles. The van der Waals surface area contributed by atoms with Gasteiger partial charge in [-0.1, -0.05) is 36.4 Å². The van der Waals surface area contributed by atoms with Crippen LogP contribution >= 0.6 is 11.6 Å². The lowest BCUT2D eigenvalue weighted by molar-refractivity contribution is -0.117. The highest BCUT2D eigenvalue weighted by Gasteiger charge is 2.14. The number of allylic oxidation sites excluding steroid dienone is 4. The van der Waals surface area contributed by atoms with Gasteiger partial charge < -0.3 is 5.32 Å². The predicted octanol–water partition coefficient (Wildman–Crippen LogP) is 4.69. The second kappa shape index (κ2) is 9.96. The van der Waals surface area contributed by atoms with Crippen LogP contribution in [-0.2, 0) is 4.79 Å². The summed E-state index contributed by atoms with van der Waals surface area (Å²) in [6.07, 6.45) is 5.19.